The third-order valence-electron chi connectivity index (χ3n) is 9.36. The number of hydrogen-bond acceptors (Lipinski definition) is 3. The van der Waals surface area contributed by atoms with Crippen molar-refractivity contribution in [2.24, 2.45) is 10.8 Å². The minimum Gasteiger partial charge on any atom is -0.393 e. The van der Waals surface area contributed by atoms with E-state index in [9.17, 15) is 10.2 Å². The Hall–Kier alpha value is -2.72. The molecule has 4 atom stereocenters. The van der Waals surface area contributed by atoms with Gasteiger partial charge < -0.3 is 14.9 Å². The smallest absolute Gasteiger partial charge is 0.120 e. The van der Waals surface area contributed by atoms with Gasteiger partial charge in [-0.05, 0) is 77.9 Å². The van der Waals surface area contributed by atoms with E-state index in [1.165, 1.54) is 22.3 Å². The van der Waals surface area contributed by atoms with Crippen molar-refractivity contribution in [2.75, 3.05) is 0 Å². The van der Waals surface area contributed by atoms with Crippen LogP contribution in [0.25, 0.3) is 0 Å². The lowest BCUT2D eigenvalue weighted by Crippen LogP contribution is -2.56. The Bertz CT molecular complexity index is 1310. The average Bonchev–Trinajstić information content (AvgIpc) is 3.28. The minimum absolute atomic E-state index is 0.00123. The zero-order valence-electron chi connectivity index (χ0n) is 28.4. The minimum atomic E-state index is -0.844. The number of fused-ring (bicyclic) bond motifs is 2. The van der Waals surface area contributed by atoms with Gasteiger partial charge in [0.25, 0.3) is 0 Å². The molecule has 0 aromatic carbocycles. The topological polar surface area (TPSA) is 49.7 Å². The Morgan fingerprint density at radius 1 is 0.721 bits per heavy atom. The van der Waals surface area contributed by atoms with Crippen LogP contribution < -0.4 is 0 Å². The molecule has 0 aromatic heterocycles. The van der Waals surface area contributed by atoms with Crippen LogP contribution in [0.5, 0.6) is 0 Å². The molecule has 43 heavy (non-hydrogen) atoms. The molecule has 3 nitrogen and oxygen atoms in total. The summed E-state index contributed by atoms with van der Waals surface area (Å²) in [5.74, 6) is 0. The zero-order chi connectivity index (χ0) is 32.1. The highest BCUT2D eigenvalue weighted by atomic mass is 16.5. The van der Waals surface area contributed by atoms with Crippen LogP contribution in [0.15, 0.2) is 119 Å². The summed E-state index contributed by atoms with van der Waals surface area (Å²) in [6.45, 7) is 21.3. The van der Waals surface area contributed by atoms with Gasteiger partial charge in [-0.3, -0.25) is 0 Å². The highest BCUT2D eigenvalue weighted by molar-refractivity contribution is 5.38. The second kappa shape index (κ2) is 13.9. The van der Waals surface area contributed by atoms with E-state index in [-0.39, 0.29) is 23.0 Å². The molecule has 0 amide bonds. The van der Waals surface area contributed by atoms with E-state index in [1.807, 2.05) is 6.92 Å². The number of rotatable bonds is 10. The molecule has 2 heterocycles. The molecular formula is C40H56O3. The molecule has 1 unspecified atom stereocenters. The molecular weight excluding hydrogens is 528 g/mol. The molecule has 234 valence electrons. The fourth-order valence-corrected chi connectivity index (χ4v) is 7.18. The number of ether oxygens (including phenoxy) is 1. The summed E-state index contributed by atoms with van der Waals surface area (Å²) >= 11 is 0. The predicted octanol–water partition coefficient (Wildman–Crippen LogP) is 9.76. The second-order valence-electron chi connectivity index (χ2n) is 14.6. The van der Waals surface area contributed by atoms with E-state index in [2.05, 4.69) is 147 Å². The van der Waals surface area contributed by atoms with Crippen molar-refractivity contribution >= 4 is 0 Å². The van der Waals surface area contributed by atoms with Crippen LogP contribution in [-0.4, -0.2) is 33.6 Å². The van der Waals surface area contributed by atoms with E-state index in [0.717, 1.165) is 30.4 Å². The van der Waals surface area contributed by atoms with Crippen molar-refractivity contribution in [1.29, 1.82) is 0 Å². The Morgan fingerprint density at radius 3 is 1.74 bits per heavy atom. The molecule has 1 aliphatic carbocycles. The van der Waals surface area contributed by atoms with Crippen LogP contribution in [-0.2, 0) is 4.74 Å². The van der Waals surface area contributed by atoms with E-state index in [4.69, 9.17) is 4.74 Å². The summed E-state index contributed by atoms with van der Waals surface area (Å²) in [7, 11) is 0. The standard InChI is InChI=1S/C40H56O3/c1-29(17-13-19-31(3)21-22-36-33(5)25-34(41)26-37(36,6)7)15-11-12-16-30(2)18-14-20-32(4)23-24-40-38(8,9)27-35(43-40)28-39(40,10)42/h11-24,34-35,41-42H,25-28H2,1-10H3/b12-11+,17-13+,18-14+,22-21+,24-23+,29-15+,30-16+,31-19+,32-20+/t34-,35+,39-,40?/m1/s1. The van der Waals surface area contributed by atoms with Crippen LogP contribution in [0.3, 0.4) is 0 Å². The molecule has 2 N–H and O–H groups in total. The monoisotopic (exact) mass is 584 g/mol. The third-order valence-corrected chi connectivity index (χ3v) is 9.36. The number of aliphatic hydroxyl groups excluding tert-OH is 1. The van der Waals surface area contributed by atoms with Crippen molar-refractivity contribution in [1.82, 2.24) is 0 Å². The number of hydrogen-bond donors (Lipinski definition) is 2. The maximum atomic E-state index is 11.1. The normalized spacial score (nSPS) is 32.3. The summed E-state index contributed by atoms with van der Waals surface area (Å²) in [4.78, 5) is 0. The second-order valence-corrected chi connectivity index (χ2v) is 14.6. The summed E-state index contributed by atoms with van der Waals surface area (Å²) in [5.41, 5.74) is 5.72. The molecule has 0 aromatic rings. The third kappa shape index (κ3) is 8.69. The maximum absolute atomic E-state index is 11.1. The molecule has 0 saturated carbocycles. The van der Waals surface area contributed by atoms with Crippen LogP contribution >= 0.6 is 0 Å². The van der Waals surface area contributed by atoms with Gasteiger partial charge in [0.05, 0.1) is 17.8 Å². The SMILES string of the molecule is CC1=C(/C=C/C(C)=C/C=C/C(C)=C/C=C/C=C(C)/C=C/C=C(C)/C=C/C23O[C@@H](CC2(C)C)C[C@@]3(C)O)C(C)(C)C[C@H](O)C1. The predicted molar refractivity (Wildman–Crippen MR) is 184 cm³/mol. The summed E-state index contributed by atoms with van der Waals surface area (Å²) < 4.78 is 6.31. The van der Waals surface area contributed by atoms with Gasteiger partial charge in [0, 0.05) is 11.8 Å². The van der Waals surface area contributed by atoms with Crippen molar-refractivity contribution in [2.45, 2.75) is 118 Å². The highest BCUT2D eigenvalue weighted by Gasteiger charge is 2.67. The Balaban J connectivity index is 1.52. The Labute approximate surface area is 262 Å². The fraction of sp³-hybridized carbons (Fsp3) is 0.500. The van der Waals surface area contributed by atoms with Crippen molar-refractivity contribution in [3.8, 4) is 0 Å². The molecule has 3 heteroatoms. The van der Waals surface area contributed by atoms with Crippen molar-refractivity contribution < 1.29 is 14.9 Å². The molecule has 0 radical (unpaired) electrons. The summed E-state index contributed by atoms with van der Waals surface area (Å²) in [6, 6.07) is 0. The maximum Gasteiger partial charge on any atom is 0.120 e. The van der Waals surface area contributed by atoms with Crippen LogP contribution in [0, 0.1) is 10.8 Å². The highest BCUT2D eigenvalue weighted by Crippen LogP contribution is 2.60. The van der Waals surface area contributed by atoms with E-state index in [1.54, 1.807) is 0 Å². The van der Waals surface area contributed by atoms with Gasteiger partial charge in [0.2, 0.25) is 0 Å². The lowest BCUT2D eigenvalue weighted by atomic mass is 9.61. The Morgan fingerprint density at radius 2 is 1.23 bits per heavy atom. The molecule has 3 aliphatic rings. The lowest BCUT2D eigenvalue weighted by Gasteiger charge is -2.46. The molecule has 2 fully saturated rings. The lowest BCUT2D eigenvalue weighted by molar-refractivity contribution is -0.115. The van der Waals surface area contributed by atoms with E-state index < -0.39 is 11.2 Å². The Kier molecular flexibility index (Phi) is 11.3. The first kappa shape index (κ1) is 34.8. The van der Waals surface area contributed by atoms with Crippen LogP contribution in [0.2, 0.25) is 0 Å². The first-order valence-electron chi connectivity index (χ1n) is 15.9. The summed E-state index contributed by atoms with van der Waals surface area (Å²) in [5, 5.41) is 21.2. The van der Waals surface area contributed by atoms with Crippen LogP contribution in [0.1, 0.15) is 94.9 Å². The molecule has 0 spiro atoms. The first-order valence-corrected chi connectivity index (χ1v) is 15.9. The van der Waals surface area contributed by atoms with Gasteiger partial charge in [-0.1, -0.05) is 135 Å². The van der Waals surface area contributed by atoms with Gasteiger partial charge in [-0.2, -0.15) is 0 Å². The van der Waals surface area contributed by atoms with Gasteiger partial charge >= 0.3 is 0 Å². The number of allylic oxidation sites excluding steroid dienone is 18. The largest absolute Gasteiger partial charge is 0.393 e. The van der Waals surface area contributed by atoms with Gasteiger partial charge in [-0.15, -0.1) is 0 Å². The molecule has 2 saturated heterocycles. The fourth-order valence-electron chi connectivity index (χ4n) is 7.18. The average molecular weight is 585 g/mol. The first-order chi connectivity index (χ1) is 20.0. The quantitative estimate of drug-likeness (QED) is 0.251. The van der Waals surface area contributed by atoms with Gasteiger partial charge in [0.1, 0.15) is 5.60 Å². The van der Waals surface area contributed by atoms with E-state index >= 15 is 0 Å². The van der Waals surface area contributed by atoms with Gasteiger partial charge in [-0.25, -0.2) is 0 Å². The number of aliphatic hydroxyl groups is 2. The molecule has 2 bridgehead atoms. The molecule has 2 aliphatic heterocycles. The van der Waals surface area contributed by atoms with Gasteiger partial charge in [0.15, 0.2) is 0 Å². The van der Waals surface area contributed by atoms with Crippen LogP contribution in [0.4, 0.5) is 0 Å². The summed E-state index contributed by atoms with van der Waals surface area (Å²) in [6.07, 6.45) is 32.7. The van der Waals surface area contributed by atoms with Crippen molar-refractivity contribution in [3.63, 3.8) is 0 Å². The molecule has 3 rings (SSSR count). The van der Waals surface area contributed by atoms with Crippen molar-refractivity contribution in [3.05, 3.63) is 119 Å². The zero-order valence-corrected chi connectivity index (χ0v) is 28.4. The van der Waals surface area contributed by atoms with E-state index in [0.29, 0.717) is 6.42 Å².